The molecule has 3 rings (SSSR count). The van der Waals surface area contributed by atoms with E-state index in [1.54, 1.807) is 6.92 Å². The lowest BCUT2D eigenvalue weighted by Gasteiger charge is -2.09. The van der Waals surface area contributed by atoms with Gasteiger partial charge in [0.25, 0.3) is 0 Å². The Morgan fingerprint density at radius 1 is 1.16 bits per heavy atom. The summed E-state index contributed by atoms with van der Waals surface area (Å²) in [4.78, 5) is 22.6. The van der Waals surface area contributed by atoms with E-state index in [1.165, 1.54) is 22.5 Å². The molecule has 1 N–H and O–H groups in total. The third kappa shape index (κ3) is 3.64. The molecule has 5 nitrogen and oxygen atoms in total. The molecule has 0 spiro atoms. The van der Waals surface area contributed by atoms with Gasteiger partial charge in [0.15, 0.2) is 0 Å². The summed E-state index contributed by atoms with van der Waals surface area (Å²) in [6, 6.07) is 8.37. The van der Waals surface area contributed by atoms with E-state index in [1.807, 2.05) is 13.8 Å². The van der Waals surface area contributed by atoms with Gasteiger partial charge in [0.1, 0.15) is 21.3 Å². The predicted molar refractivity (Wildman–Crippen MR) is 101 cm³/mol. The lowest BCUT2D eigenvalue weighted by Crippen LogP contribution is -2.05. The summed E-state index contributed by atoms with van der Waals surface area (Å²) in [6.07, 6.45) is 0. The average molecular weight is 355 g/mol. The van der Waals surface area contributed by atoms with Crippen LogP contribution in [0.1, 0.15) is 39.1 Å². The highest BCUT2D eigenvalue weighted by Crippen LogP contribution is 2.34. The molecule has 0 fully saturated rings. The lowest BCUT2D eigenvalue weighted by molar-refractivity contribution is 0.0531. The third-order valence-electron chi connectivity index (χ3n) is 3.94. The van der Waals surface area contributed by atoms with Gasteiger partial charge in [-0.2, -0.15) is 0 Å². The molecule has 1 aromatic carbocycles. The van der Waals surface area contributed by atoms with Crippen molar-refractivity contribution in [2.45, 2.75) is 34.2 Å². The van der Waals surface area contributed by atoms with Gasteiger partial charge >= 0.3 is 5.97 Å². The van der Waals surface area contributed by atoms with Gasteiger partial charge in [0.2, 0.25) is 0 Å². The van der Waals surface area contributed by atoms with E-state index < -0.39 is 0 Å². The number of aryl methyl sites for hydroxylation is 3. The van der Waals surface area contributed by atoms with Crippen LogP contribution < -0.4 is 5.32 Å². The van der Waals surface area contributed by atoms with Crippen LogP contribution in [0.15, 0.2) is 24.3 Å². The first kappa shape index (κ1) is 17.4. The normalized spacial score (nSPS) is 10.9. The van der Waals surface area contributed by atoms with Crippen LogP contribution in [0, 0.1) is 20.8 Å². The van der Waals surface area contributed by atoms with Gasteiger partial charge < -0.3 is 10.1 Å². The van der Waals surface area contributed by atoms with Gasteiger partial charge in [-0.05, 0) is 38.8 Å². The quantitative estimate of drug-likeness (QED) is 0.687. The second-order valence-electron chi connectivity index (χ2n) is 5.92. The molecule has 0 aliphatic carbocycles. The van der Waals surface area contributed by atoms with Gasteiger partial charge in [-0.1, -0.05) is 29.8 Å². The zero-order valence-electron chi connectivity index (χ0n) is 14.8. The van der Waals surface area contributed by atoms with Crippen LogP contribution in [0.25, 0.3) is 10.2 Å². The number of benzene rings is 1. The highest BCUT2D eigenvalue weighted by atomic mass is 32.1. The van der Waals surface area contributed by atoms with Crippen LogP contribution in [-0.2, 0) is 11.3 Å². The number of carbonyl (C=O) groups excluding carboxylic acids is 1. The first-order valence-electron chi connectivity index (χ1n) is 8.24. The number of nitrogens with zero attached hydrogens (tertiary/aromatic N) is 2. The largest absolute Gasteiger partial charge is 0.462 e. The van der Waals surface area contributed by atoms with Crippen molar-refractivity contribution in [2.24, 2.45) is 0 Å². The highest BCUT2D eigenvalue weighted by Gasteiger charge is 2.20. The van der Waals surface area contributed by atoms with Crippen LogP contribution in [0.2, 0.25) is 0 Å². The van der Waals surface area contributed by atoms with Crippen molar-refractivity contribution in [3.63, 3.8) is 0 Å². The molecule has 0 atom stereocenters. The number of fused-ring (bicyclic) bond motifs is 1. The molecule has 0 radical (unpaired) electrons. The molecule has 0 amide bonds. The number of aromatic nitrogens is 2. The SMILES string of the molecule is CCOC(=O)c1sc2nc(C)nc(NCc3ccc(C)cc3)c2c1C. The van der Waals surface area contributed by atoms with Crippen LogP contribution in [0.4, 0.5) is 5.82 Å². The molecule has 6 heteroatoms. The fraction of sp³-hybridized carbons (Fsp3) is 0.316. The van der Waals surface area contributed by atoms with Crippen molar-refractivity contribution in [2.75, 3.05) is 11.9 Å². The first-order valence-corrected chi connectivity index (χ1v) is 9.05. The maximum atomic E-state index is 12.2. The van der Waals surface area contributed by atoms with E-state index in [9.17, 15) is 4.79 Å². The molecule has 0 aliphatic heterocycles. The van der Waals surface area contributed by atoms with E-state index in [2.05, 4.69) is 46.5 Å². The highest BCUT2D eigenvalue weighted by molar-refractivity contribution is 7.20. The summed E-state index contributed by atoms with van der Waals surface area (Å²) in [7, 11) is 0. The molecule has 2 aromatic heterocycles. The van der Waals surface area contributed by atoms with Gasteiger partial charge in [-0.25, -0.2) is 14.8 Å². The minimum Gasteiger partial charge on any atom is -0.462 e. The van der Waals surface area contributed by atoms with E-state index in [0.717, 1.165) is 21.6 Å². The standard InChI is InChI=1S/C19H21N3O2S/c1-5-24-19(23)16-12(3)15-17(21-13(4)22-18(15)25-16)20-10-14-8-6-11(2)7-9-14/h6-9H,5,10H2,1-4H3,(H,20,21,22). The Kier molecular flexibility index (Phi) is 4.99. The number of anilines is 1. The number of carbonyl (C=O) groups is 1. The summed E-state index contributed by atoms with van der Waals surface area (Å²) in [5, 5.41) is 4.29. The summed E-state index contributed by atoms with van der Waals surface area (Å²) in [5.41, 5.74) is 3.27. The Morgan fingerprint density at radius 3 is 2.56 bits per heavy atom. The molecule has 3 aromatic rings. The second-order valence-corrected chi connectivity index (χ2v) is 6.91. The lowest BCUT2D eigenvalue weighted by atomic mass is 10.1. The van der Waals surface area contributed by atoms with E-state index in [4.69, 9.17) is 4.74 Å². The summed E-state index contributed by atoms with van der Waals surface area (Å²) in [5.74, 6) is 1.13. The predicted octanol–water partition coefficient (Wildman–Crippen LogP) is 4.41. The van der Waals surface area contributed by atoms with E-state index in [0.29, 0.717) is 23.9 Å². The number of thiophene rings is 1. The molecular formula is C19H21N3O2S. The fourth-order valence-electron chi connectivity index (χ4n) is 2.66. The molecular weight excluding hydrogens is 334 g/mol. The van der Waals surface area contributed by atoms with Gasteiger partial charge in [0, 0.05) is 6.54 Å². The van der Waals surface area contributed by atoms with Gasteiger partial charge in [0.05, 0.1) is 12.0 Å². The summed E-state index contributed by atoms with van der Waals surface area (Å²) < 4.78 is 5.15. The Morgan fingerprint density at radius 2 is 1.88 bits per heavy atom. The minimum absolute atomic E-state index is 0.301. The monoisotopic (exact) mass is 355 g/mol. The van der Waals surface area contributed by atoms with Crippen molar-refractivity contribution in [3.8, 4) is 0 Å². The van der Waals surface area contributed by atoms with Crippen LogP contribution in [0.3, 0.4) is 0 Å². The second kappa shape index (κ2) is 7.19. The van der Waals surface area contributed by atoms with Crippen LogP contribution in [0.5, 0.6) is 0 Å². The smallest absolute Gasteiger partial charge is 0.348 e. The average Bonchev–Trinajstić information content (AvgIpc) is 2.91. The zero-order chi connectivity index (χ0) is 18.0. The number of ether oxygens (including phenoxy) is 1. The number of rotatable bonds is 5. The maximum absolute atomic E-state index is 12.2. The summed E-state index contributed by atoms with van der Waals surface area (Å²) >= 11 is 1.36. The van der Waals surface area contributed by atoms with Crippen molar-refractivity contribution >= 4 is 33.3 Å². The van der Waals surface area contributed by atoms with Crippen molar-refractivity contribution in [1.29, 1.82) is 0 Å². The Balaban J connectivity index is 1.96. The van der Waals surface area contributed by atoms with Crippen molar-refractivity contribution in [1.82, 2.24) is 9.97 Å². The zero-order valence-corrected chi connectivity index (χ0v) is 15.7. The fourth-order valence-corrected chi connectivity index (χ4v) is 3.78. The number of hydrogen-bond acceptors (Lipinski definition) is 6. The molecule has 2 heterocycles. The van der Waals surface area contributed by atoms with Crippen molar-refractivity contribution < 1.29 is 9.53 Å². The topological polar surface area (TPSA) is 64.1 Å². The van der Waals surface area contributed by atoms with Crippen LogP contribution in [-0.4, -0.2) is 22.5 Å². The van der Waals surface area contributed by atoms with E-state index >= 15 is 0 Å². The third-order valence-corrected chi connectivity index (χ3v) is 5.11. The van der Waals surface area contributed by atoms with Gasteiger partial charge in [-0.15, -0.1) is 11.3 Å². The Hall–Kier alpha value is -2.47. The number of nitrogens with one attached hydrogen (secondary N) is 1. The molecule has 0 saturated carbocycles. The maximum Gasteiger partial charge on any atom is 0.348 e. The Labute approximate surface area is 151 Å². The molecule has 0 bridgehead atoms. The first-order chi connectivity index (χ1) is 12.0. The number of esters is 1. The van der Waals surface area contributed by atoms with Crippen LogP contribution >= 0.6 is 11.3 Å². The van der Waals surface area contributed by atoms with Crippen molar-refractivity contribution in [3.05, 3.63) is 51.7 Å². The molecule has 0 aliphatic rings. The molecule has 25 heavy (non-hydrogen) atoms. The Bertz CT molecular complexity index is 917. The van der Waals surface area contributed by atoms with Gasteiger partial charge in [-0.3, -0.25) is 0 Å². The minimum atomic E-state index is -0.301. The molecule has 0 unspecified atom stereocenters. The summed E-state index contributed by atoms with van der Waals surface area (Å²) in [6.45, 7) is 8.67. The number of hydrogen-bond donors (Lipinski definition) is 1. The molecule has 130 valence electrons. The molecule has 0 saturated heterocycles. The van der Waals surface area contributed by atoms with E-state index in [-0.39, 0.29) is 5.97 Å².